The van der Waals surface area contributed by atoms with Crippen molar-refractivity contribution in [2.45, 2.75) is 30.6 Å². The molecule has 0 heterocycles. The van der Waals surface area contributed by atoms with Gasteiger partial charge in [-0.3, -0.25) is 4.79 Å². The van der Waals surface area contributed by atoms with Gasteiger partial charge in [-0.25, -0.2) is 8.42 Å². The topological polar surface area (TPSA) is 66.5 Å². The first-order chi connectivity index (χ1) is 12.8. The minimum Gasteiger partial charge on any atom is -0.322 e. The van der Waals surface area contributed by atoms with Crippen LogP contribution in [0, 0.1) is 0 Å². The molecule has 0 aromatic heterocycles. The summed E-state index contributed by atoms with van der Waals surface area (Å²) in [7, 11) is -2.40. The van der Waals surface area contributed by atoms with E-state index in [0.717, 1.165) is 35.6 Å². The number of amides is 1. The number of benzene rings is 2. The van der Waals surface area contributed by atoms with E-state index in [1.807, 2.05) is 6.07 Å². The molecule has 0 aliphatic heterocycles. The molecule has 144 valence electrons. The Hall–Kier alpha value is -1.60. The largest absolute Gasteiger partial charge is 0.322 e. The van der Waals surface area contributed by atoms with Gasteiger partial charge in [0.25, 0.3) is 0 Å². The highest BCUT2D eigenvalue weighted by Crippen LogP contribution is 2.30. The number of aryl methyl sites for hydroxylation is 2. The van der Waals surface area contributed by atoms with Crippen LogP contribution in [0.5, 0.6) is 0 Å². The number of sulfonamides is 1. The van der Waals surface area contributed by atoms with Gasteiger partial charge in [0.15, 0.2) is 0 Å². The molecule has 0 atom stereocenters. The number of halogens is 2. The number of nitrogens with one attached hydrogen (secondary N) is 1. The van der Waals surface area contributed by atoms with Crippen LogP contribution >= 0.6 is 23.2 Å². The van der Waals surface area contributed by atoms with E-state index in [-0.39, 0.29) is 27.2 Å². The summed E-state index contributed by atoms with van der Waals surface area (Å²) in [6.45, 7) is -0.346. The monoisotopic (exact) mass is 426 g/mol. The molecule has 0 fully saturated rings. The van der Waals surface area contributed by atoms with Gasteiger partial charge in [0.05, 0.1) is 27.2 Å². The predicted octanol–water partition coefficient (Wildman–Crippen LogP) is 4.13. The normalized spacial score (nSPS) is 14.1. The maximum absolute atomic E-state index is 12.8. The van der Waals surface area contributed by atoms with Gasteiger partial charge in [-0.15, -0.1) is 0 Å². The molecule has 1 N–H and O–H groups in total. The van der Waals surface area contributed by atoms with Crippen LogP contribution in [0.4, 0.5) is 5.69 Å². The first kappa shape index (κ1) is 20.1. The summed E-state index contributed by atoms with van der Waals surface area (Å²) in [5, 5.41) is 3.15. The highest BCUT2D eigenvalue weighted by molar-refractivity contribution is 7.89. The third-order valence-corrected chi connectivity index (χ3v) is 7.05. The molecule has 2 aromatic carbocycles. The summed E-state index contributed by atoms with van der Waals surface area (Å²) < 4.78 is 26.7. The van der Waals surface area contributed by atoms with Crippen LogP contribution in [0.25, 0.3) is 0 Å². The van der Waals surface area contributed by atoms with Crippen molar-refractivity contribution in [2.24, 2.45) is 0 Å². The predicted molar refractivity (Wildman–Crippen MR) is 108 cm³/mol. The number of hydrogen-bond donors (Lipinski definition) is 1. The zero-order chi connectivity index (χ0) is 19.6. The number of hydrogen-bond acceptors (Lipinski definition) is 3. The van der Waals surface area contributed by atoms with Crippen LogP contribution in [0.15, 0.2) is 41.3 Å². The fraction of sp³-hybridized carbons (Fsp3) is 0.316. The molecular weight excluding hydrogens is 407 g/mol. The first-order valence-electron chi connectivity index (χ1n) is 8.61. The summed E-state index contributed by atoms with van der Waals surface area (Å²) in [4.78, 5) is 12.5. The van der Waals surface area contributed by atoms with Crippen LogP contribution in [-0.2, 0) is 27.7 Å². The number of likely N-dealkylation sites (N-methyl/N-ethyl adjacent to an activating group) is 1. The smallest absolute Gasteiger partial charge is 0.243 e. The minimum atomic E-state index is -3.77. The Balaban J connectivity index is 1.74. The molecule has 1 aliphatic rings. The zero-order valence-corrected chi connectivity index (χ0v) is 17.2. The molecule has 0 saturated heterocycles. The SMILES string of the molecule is CN(CC(=O)Nc1c(Cl)cccc1Cl)S(=O)(=O)c1ccc2c(c1)CCCC2. The third kappa shape index (κ3) is 4.46. The molecule has 2 aromatic rings. The molecule has 1 amide bonds. The molecule has 5 nitrogen and oxygen atoms in total. The second-order valence-corrected chi connectivity index (χ2v) is 9.40. The van der Waals surface area contributed by atoms with E-state index in [1.54, 1.807) is 30.3 Å². The number of fused-ring (bicyclic) bond motifs is 1. The molecule has 0 radical (unpaired) electrons. The van der Waals surface area contributed by atoms with Gasteiger partial charge in [0, 0.05) is 7.05 Å². The molecule has 0 unspecified atom stereocenters. The summed E-state index contributed by atoms with van der Waals surface area (Å²) in [6.07, 6.45) is 4.05. The average molecular weight is 427 g/mol. The Kier molecular flexibility index (Phi) is 6.11. The van der Waals surface area contributed by atoms with Gasteiger partial charge in [-0.2, -0.15) is 4.31 Å². The van der Waals surface area contributed by atoms with Crippen LogP contribution in [0.2, 0.25) is 10.0 Å². The Labute approximate surface area is 169 Å². The fourth-order valence-electron chi connectivity index (χ4n) is 3.13. The molecule has 1 aliphatic carbocycles. The molecule has 8 heteroatoms. The lowest BCUT2D eigenvalue weighted by Gasteiger charge is -2.20. The second kappa shape index (κ2) is 8.19. The Bertz CT molecular complexity index is 957. The van der Waals surface area contributed by atoms with Crippen molar-refractivity contribution in [2.75, 3.05) is 18.9 Å². The summed E-state index contributed by atoms with van der Waals surface area (Å²) in [6, 6.07) is 10.1. The van der Waals surface area contributed by atoms with Gasteiger partial charge in [0.2, 0.25) is 15.9 Å². The molecule has 0 bridgehead atoms. The van der Waals surface area contributed by atoms with Gasteiger partial charge in [-0.05, 0) is 61.1 Å². The maximum Gasteiger partial charge on any atom is 0.243 e. The van der Waals surface area contributed by atoms with Gasteiger partial charge in [0.1, 0.15) is 0 Å². The average Bonchev–Trinajstić information content (AvgIpc) is 2.64. The van der Waals surface area contributed by atoms with Crippen molar-refractivity contribution >= 4 is 44.8 Å². The van der Waals surface area contributed by atoms with Crippen molar-refractivity contribution in [1.29, 1.82) is 0 Å². The maximum atomic E-state index is 12.8. The first-order valence-corrected chi connectivity index (χ1v) is 10.8. The Morgan fingerprint density at radius 3 is 2.37 bits per heavy atom. The van der Waals surface area contributed by atoms with Gasteiger partial charge < -0.3 is 5.32 Å². The molecule has 0 saturated carbocycles. The summed E-state index contributed by atoms with van der Waals surface area (Å²) >= 11 is 12.1. The van der Waals surface area contributed by atoms with E-state index >= 15 is 0 Å². The van der Waals surface area contributed by atoms with Gasteiger partial charge in [-0.1, -0.05) is 35.3 Å². The number of carbonyl (C=O) groups is 1. The number of rotatable bonds is 5. The van der Waals surface area contributed by atoms with E-state index in [0.29, 0.717) is 0 Å². The van der Waals surface area contributed by atoms with Crippen LogP contribution in [0.1, 0.15) is 24.0 Å². The van der Waals surface area contributed by atoms with E-state index in [2.05, 4.69) is 5.32 Å². The van der Waals surface area contributed by atoms with E-state index < -0.39 is 15.9 Å². The van der Waals surface area contributed by atoms with E-state index in [9.17, 15) is 13.2 Å². The molecular formula is C19H20Cl2N2O3S. The highest BCUT2D eigenvalue weighted by atomic mass is 35.5. The standard InChI is InChI=1S/C19H20Cl2N2O3S/c1-23(12-18(24)22-19-16(20)7-4-8-17(19)21)27(25,26)15-10-9-13-5-2-3-6-14(13)11-15/h4,7-11H,2-3,5-6,12H2,1H3,(H,22,24). The minimum absolute atomic E-state index is 0.203. The lowest BCUT2D eigenvalue weighted by molar-refractivity contribution is -0.116. The van der Waals surface area contributed by atoms with Crippen molar-refractivity contribution in [3.8, 4) is 0 Å². The lowest BCUT2D eigenvalue weighted by atomic mass is 9.92. The molecule has 0 spiro atoms. The number of nitrogens with zero attached hydrogens (tertiary/aromatic N) is 1. The van der Waals surface area contributed by atoms with E-state index in [1.165, 1.54) is 12.6 Å². The highest BCUT2D eigenvalue weighted by Gasteiger charge is 2.25. The van der Waals surface area contributed by atoms with E-state index in [4.69, 9.17) is 23.2 Å². The van der Waals surface area contributed by atoms with Crippen molar-refractivity contribution < 1.29 is 13.2 Å². The van der Waals surface area contributed by atoms with Gasteiger partial charge >= 0.3 is 0 Å². The fourth-order valence-corrected chi connectivity index (χ4v) is 4.80. The summed E-state index contributed by atoms with van der Waals surface area (Å²) in [5.41, 5.74) is 2.54. The number of para-hydroxylation sites is 1. The van der Waals surface area contributed by atoms with Crippen LogP contribution < -0.4 is 5.32 Å². The zero-order valence-electron chi connectivity index (χ0n) is 14.8. The van der Waals surface area contributed by atoms with Crippen LogP contribution in [-0.4, -0.2) is 32.2 Å². The third-order valence-electron chi connectivity index (χ3n) is 4.62. The molecule has 3 rings (SSSR count). The molecule has 27 heavy (non-hydrogen) atoms. The summed E-state index contributed by atoms with van der Waals surface area (Å²) in [5.74, 6) is -0.519. The number of anilines is 1. The second-order valence-electron chi connectivity index (χ2n) is 6.54. The quantitative estimate of drug-likeness (QED) is 0.781. The lowest BCUT2D eigenvalue weighted by Crippen LogP contribution is -2.35. The number of carbonyl (C=O) groups excluding carboxylic acids is 1. The van der Waals surface area contributed by atoms with Crippen molar-refractivity contribution in [3.63, 3.8) is 0 Å². The Morgan fingerprint density at radius 2 is 1.70 bits per heavy atom. The van der Waals surface area contributed by atoms with Crippen molar-refractivity contribution in [3.05, 3.63) is 57.6 Å². The van der Waals surface area contributed by atoms with Crippen molar-refractivity contribution in [1.82, 2.24) is 4.31 Å². The Morgan fingerprint density at radius 1 is 1.07 bits per heavy atom. The van der Waals surface area contributed by atoms with Crippen LogP contribution in [0.3, 0.4) is 0 Å².